The molecule has 21 heavy (non-hydrogen) atoms. The Bertz CT molecular complexity index is 530. The predicted octanol–water partition coefficient (Wildman–Crippen LogP) is 1.95. The molecule has 1 atom stereocenters. The van der Waals surface area contributed by atoms with Crippen molar-refractivity contribution in [3.63, 3.8) is 0 Å². The van der Waals surface area contributed by atoms with Crippen molar-refractivity contribution in [1.82, 2.24) is 4.98 Å². The molecule has 0 bridgehead atoms. The van der Waals surface area contributed by atoms with Crippen molar-refractivity contribution >= 4 is 17.8 Å². The fourth-order valence-electron chi connectivity index (χ4n) is 2.46. The third-order valence-corrected chi connectivity index (χ3v) is 3.42. The van der Waals surface area contributed by atoms with E-state index in [9.17, 15) is 9.59 Å². The summed E-state index contributed by atoms with van der Waals surface area (Å²) < 4.78 is 5.22. The topological polar surface area (TPSA) is 79.7 Å². The molecule has 2 rings (SSSR count). The highest BCUT2D eigenvalue weighted by atomic mass is 16.5. The number of carboxylic acid groups (broad SMARTS) is 1. The van der Waals surface area contributed by atoms with Crippen LogP contribution in [0.4, 0.5) is 5.82 Å². The van der Waals surface area contributed by atoms with Crippen molar-refractivity contribution in [1.29, 1.82) is 0 Å². The number of hydrogen-bond donors (Lipinski definition) is 1. The maximum absolute atomic E-state index is 12.1. The van der Waals surface area contributed by atoms with Crippen LogP contribution in [0.3, 0.4) is 0 Å². The van der Waals surface area contributed by atoms with Gasteiger partial charge in [0.05, 0.1) is 12.0 Å². The number of aromatic nitrogens is 1. The number of anilines is 1. The Morgan fingerprint density at radius 3 is 2.90 bits per heavy atom. The lowest BCUT2D eigenvalue weighted by molar-refractivity contribution is -0.141. The zero-order valence-corrected chi connectivity index (χ0v) is 12.3. The molecule has 114 valence electrons. The Kier molecular flexibility index (Phi) is 4.77. The van der Waals surface area contributed by atoms with Crippen molar-refractivity contribution in [2.75, 3.05) is 18.0 Å². The lowest BCUT2D eigenvalue weighted by atomic mass is 9.98. The van der Waals surface area contributed by atoms with Crippen LogP contribution in [-0.2, 0) is 9.53 Å². The average Bonchev–Trinajstić information content (AvgIpc) is 2.46. The number of aliphatic carboxylic acids is 1. The van der Waals surface area contributed by atoms with Gasteiger partial charge >= 0.3 is 11.9 Å². The van der Waals surface area contributed by atoms with E-state index in [0.717, 1.165) is 6.42 Å². The first kappa shape index (κ1) is 15.3. The maximum Gasteiger partial charge on any atom is 0.342 e. The molecule has 1 aromatic rings. The van der Waals surface area contributed by atoms with Crippen LogP contribution in [-0.4, -0.2) is 41.2 Å². The number of pyridine rings is 1. The molecule has 1 aromatic heterocycles. The molecule has 0 aliphatic carbocycles. The molecule has 1 fully saturated rings. The van der Waals surface area contributed by atoms with Gasteiger partial charge in [0, 0.05) is 19.3 Å². The summed E-state index contributed by atoms with van der Waals surface area (Å²) >= 11 is 0. The van der Waals surface area contributed by atoms with Crippen LogP contribution in [0.5, 0.6) is 0 Å². The second kappa shape index (κ2) is 6.56. The fourth-order valence-corrected chi connectivity index (χ4v) is 2.46. The summed E-state index contributed by atoms with van der Waals surface area (Å²) in [6.07, 6.45) is 2.82. The first-order valence-corrected chi connectivity index (χ1v) is 7.12. The van der Waals surface area contributed by atoms with Gasteiger partial charge in [0.1, 0.15) is 11.4 Å². The van der Waals surface area contributed by atoms with Crippen molar-refractivity contribution in [3.05, 3.63) is 23.9 Å². The number of carboxylic acids is 1. The van der Waals surface area contributed by atoms with Crippen LogP contribution in [0, 0.1) is 5.92 Å². The molecular formula is C15H20N2O4. The number of hydrogen-bond acceptors (Lipinski definition) is 5. The number of carbonyl (C=O) groups is 2. The lowest BCUT2D eigenvalue weighted by Gasteiger charge is -2.32. The molecule has 2 heterocycles. The van der Waals surface area contributed by atoms with E-state index in [1.54, 1.807) is 32.2 Å². The van der Waals surface area contributed by atoms with Gasteiger partial charge in [-0.05, 0) is 38.8 Å². The Morgan fingerprint density at radius 2 is 2.24 bits per heavy atom. The molecule has 1 saturated heterocycles. The van der Waals surface area contributed by atoms with Crippen molar-refractivity contribution in [3.8, 4) is 0 Å². The van der Waals surface area contributed by atoms with E-state index in [-0.39, 0.29) is 6.10 Å². The van der Waals surface area contributed by atoms with Crippen molar-refractivity contribution in [2.24, 2.45) is 5.92 Å². The van der Waals surface area contributed by atoms with Gasteiger partial charge in [-0.25, -0.2) is 9.78 Å². The van der Waals surface area contributed by atoms with Crippen LogP contribution in [0.2, 0.25) is 0 Å². The van der Waals surface area contributed by atoms with Crippen molar-refractivity contribution < 1.29 is 19.4 Å². The quantitative estimate of drug-likeness (QED) is 0.854. The van der Waals surface area contributed by atoms with Crippen LogP contribution < -0.4 is 4.90 Å². The largest absolute Gasteiger partial charge is 0.481 e. The number of piperidine rings is 1. The third kappa shape index (κ3) is 3.71. The summed E-state index contributed by atoms with van der Waals surface area (Å²) in [5.74, 6) is -1.14. The molecule has 6 heteroatoms. The zero-order chi connectivity index (χ0) is 15.4. The fraction of sp³-hybridized carbons (Fsp3) is 0.533. The second-order valence-corrected chi connectivity index (χ2v) is 5.45. The number of ether oxygens (including phenoxy) is 1. The van der Waals surface area contributed by atoms with Gasteiger partial charge in [-0.3, -0.25) is 4.79 Å². The van der Waals surface area contributed by atoms with Crippen LogP contribution in [0.15, 0.2) is 18.3 Å². The number of esters is 1. The van der Waals surface area contributed by atoms with Crippen LogP contribution in [0.25, 0.3) is 0 Å². The standard InChI is InChI=1S/C15H20N2O4/c1-10(2)21-15(20)12-6-3-7-16-13(12)17-8-4-5-11(9-17)14(18)19/h3,6-7,10-11H,4-5,8-9H2,1-2H3,(H,18,19). The first-order valence-electron chi connectivity index (χ1n) is 7.12. The van der Waals surface area contributed by atoms with Gasteiger partial charge in [0.2, 0.25) is 0 Å². The SMILES string of the molecule is CC(C)OC(=O)c1cccnc1N1CCCC(C(=O)O)C1. The van der Waals surface area contributed by atoms with Gasteiger partial charge in [0.25, 0.3) is 0 Å². The maximum atomic E-state index is 12.1. The number of nitrogens with zero attached hydrogens (tertiary/aromatic N) is 2. The van der Waals surface area contributed by atoms with E-state index in [1.807, 2.05) is 4.90 Å². The monoisotopic (exact) mass is 292 g/mol. The Morgan fingerprint density at radius 1 is 1.48 bits per heavy atom. The summed E-state index contributed by atoms with van der Waals surface area (Å²) in [5.41, 5.74) is 0.386. The van der Waals surface area contributed by atoms with E-state index >= 15 is 0 Å². The average molecular weight is 292 g/mol. The molecule has 0 radical (unpaired) electrons. The van der Waals surface area contributed by atoms with Gasteiger partial charge in [-0.2, -0.15) is 0 Å². The van der Waals surface area contributed by atoms with E-state index in [4.69, 9.17) is 9.84 Å². The van der Waals surface area contributed by atoms with E-state index in [0.29, 0.717) is 30.9 Å². The summed E-state index contributed by atoms with van der Waals surface area (Å²) in [7, 11) is 0. The summed E-state index contributed by atoms with van der Waals surface area (Å²) in [6, 6.07) is 3.34. The first-order chi connectivity index (χ1) is 9.99. The van der Waals surface area contributed by atoms with Gasteiger partial charge < -0.3 is 14.7 Å². The Balaban J connectivity index is 2.23. The molecule has 0 amide bonds. The van der Waals surface area contributed by atoms with Crippen LogP contribution in [0.1, 0.15) is 37.0 Å². The van der Waals surface area contributed by atoms with E-state index in [1.165, 1.54) is 0 Å². The summed E-state index contributed by atoms with van der Waals surface area (Å²) in [5, 5.41) is 9.16. The number of carbonyl (C=O) groups excluding carboxylic acids is 1. The highest BCUT2D eigenvalue weighted by molar-refractivity contribution is 5.95. The Hall–Kier alpha value is -2.11. The molecule has 1 aliphatic heterocycles. The molecule has 6 nitrogen and oxygen atoms in total. The molecule has 0 saturated carbocycles. The van der Waals surface area contributed by atoms with Gasteiger partial charge in [-0.15, -0.1) is 0 Å². The zero-order valence-electron chi connectivity index (χ0n) is 12.3. The predicted molar refractivity (Wildman–Crippen MR) is 77.4 cm³/mol. The van der Waals surface area contributed by atoms with Crippen LogP contribution >= 0.6 is 0 Å². The highest BCUT2D eigenvalue weighted by Crippen LogP contribution is 2.25. The third-order valence-electron chi connectivity index (χ3n) is 3.42. The minimum atomic E-state index is -0.804. The minimum absolute atomic E-state index is 0.210. The molecule has 1 aliphatic rings. The number of rotatable bonds is 4. The van der Waals surface area contributed by atoms with Gasteiger partial charge in [0.15, 0.2) is 0 Å². The summed E-state index contributed by atoms with van der Waals surface area (Å²) in [4.78, 5) is 29.4. The molecule has 0 aromatic carbocycles. The van der Waals surface area contributed by atoms with E-state index in [2.05, 4.69) is 4.98 Å². The molecule has 0 spiro atoms. The van der Waals surface area contributed by atoms with Gasteiger partial charge in [-0.1, -0.05) is 0 Å². The molecule has 1 unspecified atom stereocenters. The van der Waals surface area contributed by atoms with Crippen molar-refractivity contribution in [2.45, 2.75) is 32.8 Å². The lowest BCUT2D eigenvalue weighted by Crippen LogP contribution is -2.40. The summed E-state index contributed by atoms with van der Waals surface area (Å²) in [6.45, 7) is 4.64. The normalized spacial score (nSPS) is 18.6. The minimum Gasteiger partial charge on any atom is -0.481 e. The molecule has 1 N–H and O–H groups in total. The molecular weight excluding hydrogens is 272 g/mol. The van der Waals surface area contributed by atoms with E-state index < -0.39 is 17.9 Å². The Labute approximate surface area is 123 Å². The second-order valence-electron chi connectivity index (χ2n) is 5.45. The highest BCUT2D eigenvalue weighted by Gasteiger charge is 2.28. The smallest absolute Gasteiger partial charge is 0.342 e.